The van der Waals surface area contributed by atoms with Gasteiger partial charge in [0.05, 0.1) is 23.8 Å². The smallest absolute Gasteiger partial charge is 0.238 e. The van der Waals surface area contributed by atoms with Gasteiger partial charge >= 0.3 is 0 Å². The Kier molecular flexibility index (Phi) is 6.21. The molecule has 8 nitrogen and oxygen atoms in total. The maximum Gasteiger partial charge on any atom is 0.238 e. The molecule has 3 aromatic rings. The van der Waals surface area contributed by atoms with Crippen LogP contribution in [0.1, 0.15) is 11.1 Å². The molecule has 3 rings (SSSR count). The third-order valence-corrected chi connectivity index (χ3v) is 5.38. The summed E-state index contributed by atoms with van der Waals surface area (Å²) in [5.41, 5.74) is 1.31. The fourth-order valence-electron chi connectivity index (χ4n) is 2.65. The first-order valence-corrected chi connectivity index (χ1v) is 10.4. The van der Waals surface area contributed by atoms with Crippen molar-refractivity contribution >= 4 is 33.2 Å². The van der Waals surface area contributed by atoms with Crippen molar-refractivity contribution in [2.45, 2.75) is 17.9 Å². The summed E-state index contributed by atoms with van der Waals surface area (Å²) < 4.78 is 31.2. The molecule has 10 heteroatoms. The lowest BCUT2D eigenvalue weighted by molar-refractivity contribution is -0.115. The Bertz CT molecular complexity index is 1140. The van der Waals surface area contributed by atoms with Crippen molar-refractivity contribution in [2.75, 3.05) is 5.32 Å². The number of nitrogens with zero attached hydrogens (tertiary/aromatic N) is 2. The first-order chi connectivity index (χ1) is 13.7. The van der Waals surface area contributed by atoms with Crippen LogP contribution in [0.15, 0.2) is 59.9 Å². The van der Waals surface area contributed by atoms with Gasteiger partial charge in [-0.25, -0.2) is 18.5 Å². The van der Waals surface area contributed by atoms with E-state index in [2.05, 4.69) is 10.3 Å². The molecule has 0 aliphatic carbocycles. The molecular formula is C19H19ClN4O4S. The summed E-state index contributed by atoms with van der Waals surface area (Å²) in [7, 11) is -2.25. The van der Waals surface area contributed by atoms with Crippen LogP contribution in [0.3, 0.4) is 0 Å². The number of hydrogen-bond acceptors (Lipinski definition) is 5. The topological polar surface area (TPSA) is 116 Å². The average Bonchev–Trinajstić information content (AvgIpc) is 3.07. The molecule has 152 valence electrons. The molecular weight excluding hydrogens is 416 g/mol. The Morgan fingerprint density at radius 2 is 2.00 bits per heavy atom. The molecule has 0 aliphatic heterocycles. The van der Waals surface area contributed by atoms with Gasteiger partial charge in [-0.15, -0.1) is 0 Å². The number of hydrogen-bond donors (Lipinski definition) is 2. The lowest BCUT2D eigenvalue weighted by Gasteiger charge is -2.12. The van der Waals surface area contributed by atoms with Gasteiger partial charge in [-0.1, -0.05) is 35.9 Å². The van der Waals surface area contributed by atoms with E-state index in [1.54, 1.807) is 54.5 Å². The van der Waals surface area contributed by atoms with Crippen molar-refractivity contribution in [2.24, 2.45) is 12.2 Å². The van der Waals surface area contributed by atoms with E-state index in [1.165, 1.54) is 12.1 Å². The quantitative estimate of drug-likeness (QED) is 0.592. The molecule has 29 heavy (non-hydrogen) atoms. The molecule has 0 radical (unpaired) electrons. The Morgan fingerprint density at radius 1 is 1.24 bits per heavy atom. The number of aryl methyl sites for hydroxylation is 1. The van der Waals surface area contributed by atoms with Gasteiger partial charge in [0, 0.05) is 23.3 Å². The maximum atomic E-state index is 12.3. The molecule has 0 spiro atoms. The van der Waals surface area contributed by atoms with Crippen LogP contribution in [0.5, 0.6) is 5.88 Å². The van der Waals surface area contributed by atoms with Crippen LogP contribution in [0.25, 0.3) is 0 Å². The number of sulfonamides is 1. The number of carbonyl (C=O) groups excluding carboxylic acids is 1. The molecule has 1 heterocycles. The summed E-state index contributed by atoms with van der Waals surface area (Å²) in [6.45, 7) is -0.0450. The van der Waals surface area contributed by atoms with Crippen molar-refractivity contribution in [3.05, 3.63) is 71.1 Å². The highest BCUT2D eigenvalue weighted by Gasteiger charge is 2.17. The number of anilines is 1. The van der Waals surface area contributed by atoms with E-state index >= 15 is 0 Å². The van der Waals surface area contributed by atoms with E-state index < -0.39 is 10.0 Å². The van der Waals surface area contributed by atoms with E-state index in [0.717, 1.165) is 0 Å². The Balaban J connectivity index is 1.76. The summed E-state index contributed by atoms with van der Waals surface area (Å²) in [6.07, 6.45) is 3.27. The van der Waals surface area contributed by atoms with Gasteiger partial charge in [-0.2, -0.15) is 0 Å². The summed E-state index contributed by atoms with van der Waals surface area (Å²) in [5.74, 6) is 0.0148. The van der Waals surface area contributed by atoms with E-state index in [-0.39, 0.29) is 23.8 Å². The summed E-state index contributed by atoms with van der Waals surface area (Å²) >= 11 is 6.07. The van der Waals surface area contributed by atoms with Gasteiger partial charge < -0.3 is 14.6 Å². The highest BCUT2D eigenvalue weighted by molar-refractivity contribution is 7.89. The van der Waals surface area contributed by atoms with Gasteiger partial charge in [-0.3, -0.25) is 4.79 Å². The van der Waals surface area contributed by atoms with Gasteiger partial charge in [0.15, 0.2) is 0 Å². The minimum Gasteiger partial charge on any atom is -0.472 e. The SMILES string of the molecule is Cn1cnc(OCc2ccc(NC(=O)Cc3ccccc3Cl)cc2S(N)(=O)=O)c1. The number of rotatable bonds is 7. The second-order valence-electron chi connectivity index (χ2n) is 6.35. The first-order valence-electron chi connectivity index (χ1n) is 8.52. The van der Waals surface area contributed by atoms with E-state index in [1.807, 2.05) is 0 Å². The van der Waals surface area contributed by atoms with Crippen LogP contribution < -0.4 is 15.2 Å². The van der Waals surface area contributed by atoms with Crippen molar-refractivity contribution in [3.8, 4) is 5.88 Å². The zero-order valence-electron chi connectivity index (χ0n) is 15.5. The largest absolute Gasteiger partial charge is 0.472 e. The third-order valence-electron chi connectivity index (χ3n) is 4.02. The van der Waals surface area contributed by atoms with Crippen LogP contribution >= 0.6 is 11.6 Å². The second-order valence-corrected chi connectivity index (χ2v) is 8.29. The number of ether oxygens (including phenoxy) is 1. The molecule has 3 N–H and O–H groups in total. The fourth-order valence-corrected chi connectivity index (χ4v) is 3.64. The fraction of sp³-hybridized carbons (Fsp3) is 0.158. The molecule has 2 aromatic carbocycles. The number of nitrogens with one attached hydrogen (secondary N) is 1. The standard InChI is InChI=1S/C19H19ClN4O4S/c1-24-10-19(22-12-24)28-11-14-6-7-15(9-17(14)29(21,26)27)23-18(25)8-13-4-2-3-5-16(13)20/h2-7,9-10,12H,8,11H2,1H3,(H,23,25)(H2,21,26,27). The summed E-state index contributed by atoms with van der Waals surface area (Å²) in [5, 5.41) is 8.48. The van der Waals surface area contributed by atoms with Gasteiger partial charge in [0.2, 0.25) is 21.8 Å². The predicted molar refractivity (Wildman–Crippen MR) is 109 cm³/mol. The van der Waals surface area contributed by atoms with E-state index in [4.69, 9.17) is 21.5 Å². The van der Waals surface area contributed by atoms with Crippen LogP contribution in [0.4, 0.5) is 5.69 Å². The summed E-state index contributed by atoms with van der Waals surface area (Å²) in [4.78, 5) is 16.2. The first kappa shape index (κ1) is 20.8. The minimum absolute atomic E-state index is 0.0450. The zero-order chi connectivity index (χ0) is 21.0. The number of amides is 1. The normalized spacial score (nSPS) is 11.3. The molecule has 0 fully saturated rings. The monoisotopic (exact) mass is 434 g/mol. The summed E-state index contributed by atoms with van der Waals surface area (Å²) in [6, 6.07) is 11.4. The number of benzene rings is 2. The molecule has 0 saturated carbocycles. The minimum atomic E-state index is -4.03. The van der Waals surface area contributed by atoms with Crippen molar-refractivity contribution in [1.82, 2.24) is 9.55 Å². The van der Waals surface area contributed by atoms with Crippen molar-refractivity contribution in [1.29, 1.82) is 0 Å². The molecule has 0 aliphatic rings. The van der Waals surface area contributed by atoms with Crippen LogP contribution in [-0.4, -0.2) is 23.9 Å². The molecule has 0 unspecified atom stereocenters. The second kappa shape index (κ2) is 8.64. The average molecular weight is 435 g/mol. The Hall–Kier alpha value is -2.88. The highest BCUT2D eigenvalue weighted by atomic mass is 35.5. The van der Waals surface area contributed by atoms with Crippen LogP contribution in [-0.2, 0) is 34.9 Å². The van der Waals surface area contributed by atoms with Crippen LogP contribution in [0.2, 0.25) is 5.02 Å². The lowest BCUT2D eigenvalue weighted by Crippen LogP contribution is -2.18. The Morgan fingerprint density at radius 3 is 2.66 bits per heavy atom. The number of nitrogens with two attached hydrogens (primary N) is 1. The molecule has 0 saturated heterocycles. The van der Waals surface area contributed by atoms with E-state index in [9.17, 15) is 13.2 Å². The molecule has 0 atom stereocenters. The molecule has 1 amide bonds. The Labute approximate surface area is 173 Å². The van der Waals surface area contributed by atoms with Gasteiger partial charge in [-0.05, 0) is 23.8 Å². The predicted octanol–water partition coefficient (Wildman–Crippen LogP) is 2.48. The van der Waals surface area contributed by atoms with Gasteiger partial charge in [0.1, 0.15) is 6.61 Å². The zero-order valence-corrected chi connectivity index (χ0v) is 17.1. The number of halogens is 1. The number of aromatic nitrogens is 2. The highest BCUT2D eigenvalue weighted by Crippen LogP contribution is 2.22. The number of carbonyl (C=O) groups is 1. The van der Waals surface area contributed by atoms with E-state index in [0.29, 0.717) is 27.7 Å². The van der Waals surface area contributed by atoms with Crippen molar-refractivity contribution < 1.29 is 17.9 Å². The maximum absolute atomic E-state index is 12.3. The van der Waals surface area contributed by atoms with Crippen LogP contribution in [0, 0.1) is 0 Å². The lowest BCUT2D eigenvalue weighted by atomic mass is 10.1. The number of primary sulfonamides is 1. The van der Waals surface area contributed by atoms with Gasteiger partial charge in [0.25, 0.3) is 0 Å². The van der Waals surface area contributed by atoms with Crippen molar-refractivity contribution in [3.63, 3.8) is 0 Å². The third kappa shape index (κ3) is 5.57. The molecule has 0 bridgehead atoms. The number of imidazole rings is 1. The molecule has 1 aromatic heterocycles.